The second kappa shape index (κ2) is 6.06. The van der Waals surface area contributed by atoms with Crippen LogP contribution in [0.15, 0.2) is 24.3 Å². The molecule has 0 bridgehead atoms. The van der Waals surface area contributed by atoms with Crippen LogP contribution in [0.5, 0.6) is 0 Å². The maximum Gasteiger partial charge on any atom is 0.0105 e. The number of likely N-dealkylation sites (tertiary alicyclic amines) is 1. The van der Waals surface area contributed by atoms with Gasteiger partial charge in [-0.1, -0.05) is 24.3 Å². The van der Waals surface area contributed by atoms with E-state index in [0.29, 0.717) is 11.5 Å². The van der Waals surface area contributed by atoms with E-state index in [2.05, 4.69) is 62.3 Å². The van der Waals surface area contributed by atoms with Gasteiger partial charge in [-0.2, -0.15) is 0 Å². The lowest BCUT2D eigenvalue weighted by atomic mass is 9.71. The van der Waals surface area contributed by atoms with E-state index in [1.165, 1.54) is 31.5 Å². The molecule has 1 heterocycles. The summed E-state index contributed by atoms with van der Waals surface area (Å²) < 4.78 is 0. The number of rotatable bonds is 4. The van der Waals surface area contributed by atoms with Gasteiger partial charge in [0.2, 0.25) is 0 Å². The van der Waals surface area contributed by atoms with E-state index in [0.717, 1.165) is 6.54 Å². The van der Waals surface area contributed by atoms with Crippen molar-refractivity contribution in [3.63, 3.8) is 0 Å². The molecule has 0 unspecified atom stereocenters. The van der Waals surface area contributed by atoms with E-state index in [-0.39, 0.29) is 0 Å². The highest BCUT2D eigenvalue weighted by Gasteiger charge is 2.36. The summed E-state index contributed by atoms with van der Waals surface area (Å²) in [6.45, 7) is 10.4. The molecule has 19 heavy (non-hydrogen) atoms. The second-order valence-electron chi connectivity index (χ2n) is 6.26. The maximum absolute atomic E-state index is 3.43. The van der Waals surface area contributed by atoms with Gasteiger partial charge in [0.05, 0.1) is 0 Å². The Morgan fingerprint density at radius 3 is 2.37 bits per heavy atom. The highest BCUT2D eigenvalue weighted by Crippen LogP contribution is 2.37. The van der Waals surface area contributed by atoms with Crippen LogP contribution in [0.25, 0.3) is 0 Å². The van der Waals surface area contributed by atoms with E-state index in [4.69, 9.17) is 0 Å². The zero-order chi connectivity index (χ0) is 13.9. The molecule has 0 radical (unpaired) electrons. The van der Waals surface area contributed by atoms with Gasteiger partial charge in [0.25, 0.3) is 0 Å². The van der Waals surface area contributed by atoms with E-state index < -0.39 is 0 Å². The van der Waals surface area contributed by atoms with Gasteiger partial charge in [0.1, 0.15) is 0 Å². The van der Waals surface area contributed by atoms with E-state index >= 15 is 0 Å². The first-order valence-corrected chi connectivity index (χ1v) is 7.54. The molecular weight excluding hydrogens is 232 g/mol. The molecule has 1 aliphatic heterocycles. The zero-order valence-corrected chi connectivity index (χ0v) is 12.9. The van der Waals surface area contributed by atoms with Gasteiger partial charge >= 0.3 is 0 Å². The molecule has 0 amide bonds. The summed E-state index contributed by atoms with van der Waals surface area (Å²) in [6, 6.07) is 9.59. The number of hydrogen-bond acceptors (Lipinski definition) is 2. The molecule has 1 aromatic carbocycles. The van der Waals surface area contributed by atoms with Gasteiger partial charge < -0.3 is 10.2 Å². The highest BCUT2D eigenvalue weighted by molar-refractivity contribution is 5.34. The number of nitrogens with one attached hydrogen (secondary N) is 1. The minimum absolute atomic E-state index is 0.325. The molecule has 1 fully saturated rings. The van der Waals surface area contributed by atoms with Crippen molar-refractivity contribution in [3.8, 4) is 0 Å². The molecule has 1 aromatic rings. The van der Waals surface area contributed by atoms with Gasteiger partial charge in [-0.05, 0) is 64.9 Å². The SMILES string of the molecule is CNCC1(c2ccccc2C)CCN(C(C)C)CC1. The highest BCUT2D eigenvalue weighted by atomic mass is 15.2. The first-order valence-electron chi connectivity index (χ1n) is 7.54. The fraction of sp³-hybridized carbons (Fsp3) is 0.647. The lowest BCUT2D eigenvalue weighted by Crippen LogP contribution is -2.49. The fourth-order valence-corrected chi connectivity index (χ4v) is 3.52. The molecule has 1 N–H and O–H groups in total. The van der Waals surface area contributed by atoms with Crippen molar-refractivity contribution in [3.05, 3.63) is 35.4 Å². The number of benzene rings is 1. The minimum Gasteiger partial charge on any atom is -0.319 e. The first-order chi connectivity index (χ1) is 9.09. The zero-order valence-electron chi connectivity index (χ0n) is 12.9. The van der Waals surface area contributed by atoms with E-state index in [1.807, 2.05) is 0 Å². The quantitative estimate of drug-likeness (QED) is 0.895. The molecule has 2 nitrogen and oxygen atoms in total. The third-order valence-corrected chi connectivity index (χ3v) is 4.72. The third kappa shape index (κ3) is 3.01. The Hall–Kier alpha value is -0.860. The van der Waals surface area contributed by atoms with Crippen LogP contribution < -0.4 is 5.32 Å². The van der Waals surface area contributed by atoms with Crippen molar-refractivity contribution in [1.82, 2.24) is 10.2 Å². The molecular formula is C17H28N2. The Bertz CT molecular complexity index is 403. The number of aryl methyl sites for hydroxylation is 1. The molecule has 0 saturated carbocycles. The summed E-state index contributed by atoms with van der Waals surface area (Å²) in [7, 11) is 2.08. The first kappa shape index (κ1) is 14.5. The lowest BCUT2D eigenvalue weighted by Gasteiger charge is -2.44. The van der Waals surface area contributed by atoms with E-state index in [9.17, 15) is 0 Å². The number of nitrogens with zero attached hydrogens (tertiary/aromatic N) is 1. The van der Waals surface area contributed by atoms with Crippen molar-refractivity contribution >= 4 is 0 Å². The molecule has 106 valence electrons. The van der Waals surface area contributed by atoms with Crippen LogP contribution in [0.3, 0.4) is 0 Å². The topological polar surface area (TPSA) is 15.3 Å². The van der Waals surface area contributed by atoms with Gasteiger partial charge in [0.15, 0.2) is 0 Å². The van der Waals surface area contributed by atoms with Crippen LogP contribution in [0.2, 0.25) is 0 Å². The summed E-state index contributed by atoms with van der Waals surface area (Å²) >= 11 is 0. The predicted octanol–water partition coefficient (Wildman–Crippen LogP) is 2.96. The van der Waals surface area contributed by atoms with Gasteiger partial charge in [-0.3, -0.25) is 0 Å². The fourth-order valence-electron chi connectivity index (χ4n) is 3.52. The Morgan fingerprint density at radius 2 is 1.84 bits per heavy atom. The van der Waals surface area contributed by atoms with Crippen LogP contribution in [-0.4, -0.2) is 37.6 Å². The van der Waals surface area contributed by atoms with Gasteiger partial charge in [-0.25, -0.2) is 0 Å². The summed E-state index contributed by atoms with van der Waals surface area (Å²) in [5, 5.41) is 3.43. The number of piperidine rings is 1. The van der Waals surface area contributed by atoms with Crippen molar-refractivity contribution in [2.45, 2.75) is 45.1 Å². The Kier molecular flexibility index (Phi) is 4.64. The summed E-state index contributed by atoms with van der Waals surface area (Å²) in [5.74, 6) is 0. The molecule has 2 heteroatoms. The van der Waals surface area contributed by atoms with Crippen LogP contribution in [0, 0.1) is 6.92 Å². The Morgan fingerprint density at radius 1 is 1.21 bits per heavy atom. The average molecular weight is 260 g/mol. The minimum atomic E-state index is 0.325. The standard InChI is InChI=1S/C17H28N2/c1-14(2)19-11-9-17(10-12-19,13-18-4)16-8-6-5-7-15(16)3/h5-8,14,18H,9-13H2,1-4H3. The maximum atomic E-state index is 3.43. The molecule has 1 saturated heterocycles. The summed E-state index contributed by atoms with van der Waals surface area (Å²) in [5.41, 5.74) is 3.31. The number of hydrogen-bond donors (Lipinski definition) is 1. The van der Waals surface area contributed by atoms with Crippen molar-refractivity contribution in [2.24, 2.45) is 0 Å². The van der Waals surface area contributed by atoms with Crippen LogP contribution >= 0.6 is 0 Å². The largest absolute Gasteiger partial charge is 0.319 e. The normalized spacial score (nSPS) is 19.8. The smallest absolute Gasteiger partial charge is 0.0105 e. The monoisotopic (exact) mass is 260 g/mol. The average Bonchev–Trinajstić information content (AvgIpc) is 2.40. The van der Waals surface area contributed by atoms with Crippen molar-refractivity contribution < 1.29 is 0 Å². The lowest BCUT2D eigenvalue weighted by molar-refractivity contribution is 0.128. The molecule has 0 spiro atoms. The van der Waals surface area contributed by atoms with Gasteiger partial charge in [-0.15, -0.1) is 0 Å². The van der Waals surface area contributed by atoms with Crippen LogP contribution in [0.4, 0.5) is 0 Å². The Labute approximate surface area is 118 Å². The van der Waals surface area contributed by atoms with Crippen LogP contribution in [-0.2, 0) is 5.41 Å². The van der Waals surface area contributed by atoms with Gasteiger partial charge in [0, 0.05) is 18.0 Å². The molecule has 0 atom stereocenters. The van der Waals surface area contributed by atoms with Crippen molar-refractivity contribution in [1.29, 1.82) is 0 Å². The second-order valence-corrected chi connectivity index (χ2v) is 6.26. The molecule has 1 aliphatic rings. The van der Waals surface area contributed by atoms with E-state index in [1.54, 1.807) is 5.56 Å². The predicted molar refractivity (Wildman–Crippen MR) is 82.7 cm³/mol. The number of likely N-dealkylation sites (N-methyl/N-ethyl adjacent to an activating group) is 1. The summed E-state index contributed by atoms with van der Waals surface area (Å²) in [4.78, 5) is 2.60. The molecule has 0 aromatic heterocycles. The Balaban J connectivity index is 2.23. The van der Waals surface area contributed by atoms with Crippen LogP contribution in [0.1, 0.15) is 37.8 Å². The molecule has 0 aliphatic carbocycles. The van der Waals surface area contributed by atoms with Crippen molar-refractivity contribution in [2.75, 3.05) is 26.7 Å². The molecule has 2 rings (SSSR count). The summed E-state index contributed by atoms with van der Waals surface area (Å²) in [6.07, 6.45) is 2.52. The third-order valence-electron chi connectivity index (χ3n) is 4.72.